The van der Waals surface area contributed by atoms with E-state index < -0.39 is 6.23 Å². The number of aliphatic hydroxyl groups is 1. The van der Waals surface area contributed by atoms with Crippen LogP contribution in [-0.2, 0) is 4.79 Å². The summed E-state index contributed by atoms with van der Waals surface area (Å²) in [5.74, 6) is 0. The number of carbonyl (C=O) groups excluding carboxylic acids is 1. The smallest absolute Gasteiger partial charge is 0.147 e. The second kappa shape index (κ2) is 2.84. The van der Waals surface area contributed by atoms with Crippen molar-refractivity contribution in [3.05, 3.63) is 11.8 Å². The molecule has 0 aromatic carbocycles. The predicted octanol–water partition coefficient (Wildman–Crippen LogP) is 0.113. The Kier molecular flexibility index (Phi) is 2.06. The first kappa shape index (κ1) is 7.28. The van der Waals surface area contributed by atoms with Crippen molar-refractivity contribution >= 4 is 6.29 Å². The molecule has 0 aliphatic carbocycles. The highest BCUT2D eigenvalue weighted by Crippen LogP contribution is 2.15. The molecule has 0 spiro atoms. The van der Waals surface area contributed by atoms with Gasteiger partial charge in [0.25, 0.3) is 0 Å². The number of carbonyl (C=O) groups is 1. The number of aldehydes is 1. The lowest BCUT2D eigenvalue weighted by Crippen LogP contribution is -2.30. The minimum atomic E-state index is -0.413. The number of rotatable bonds is 1. The maximum Gasteiger partial charge on any atom is 0.147 e. The van der Waals surface area contributed by atoms with Crippen LogP contribution in [-0.4, -0.2) is 29.6 Å². The summed E-state index contributed by atoms with van der Waals surface area (Å²) in [5.41, 5.74) is 0.757. The van der Waals surface area contributed by atoms with Crippen LogP contribution in [0.15, 0.2) is 11.8 Å². The monoisotopic (exact) mass is 141 g/mol. The molecule has 56 valence electrons. The van der Waals surface area contributed by atoms with Crippen molar-refractivity contribution in [2.24, 2.45) is 0 Å². The fourth-order valence-electron chi connectivity index (χ4n) is 1.00. The molecule has 1 aliphatic heterocycles. The van der Waals surface area contributed by atoms with E-state index in [-0.39, 0.29) is 0 Å². The molecule has 0 radical (unpaired) electrons. The standard InChI is InChI=1S/C7H11NO2/c1-8-4-6(5-9)2-3-7(8)10/h4-5,7,10H,2-3H2,1H3/t7-/m1/s1. The first-order valence-electron chi connectivity index (χ1n) is 3.30. The fraction of sp³-hybridized carbons (Fsp3) is 0.571. The van der Waals surface area contributed by atoms with Gasteiger partial charge in [0.2, 0.25) is 0 Å². The molecule has 10 heavy (non-hydrogen) atoms. The summed E-state index contributed by atoms with van der Waals surface area (Å²) in [5, 5.41) is 9.16. The Bertz CT molecular complexity index is 165. The third kappa shape index (κ3) is 1.36. The van der Waals surface area contributed by atoms with Gasteiger partial charge in [-0.2, -0.15) is 0 Å². The average molecular weight is 141 g/mol. The van der Waals surface area contributed by atoms with Gasteiger partial charge in [0, 0.05) is 18.8 Å². The van der Waals surface area contributed by atoms with Crippen LogP contribution in [0, 0.1) is 0 Å². The SMILES string of the molecule is CN1C=C(C=O)CC[C@H]1O. The normalized spacial score (nSPS) is 26.0. The number of aliphatic hydroxyl groups excluding tert-OH is 1. The van der Waals surface area contributed by atoms with E-state index in [0.29, 0.717) is 12.8 Å². The van der Waals surface area contributed by atoms with Gasteiger partial charge in [-0.3, -0.25) is 4.79 Å². The summed E-state index contributed by atoms with van der Waals surface area (Å²) in [6.45, 7) is 0. The number of hydrogen-bond donors (Lipinski definition) is 1. The van der Waals surface area contributed by atoms with E-state index in [0.717, 1.165) is 11.9 Å². The molecule has 0 fully saturated rings. The Morgan fingerprint density at radius 3 is 3.10 bits per heavy atom. The van der Waals surface area contributed by atoms with E-state index in [1.165, 1.54) is 0 Å². The lowest BCUT2D eigenvalue weighted by Gasteiger charge is -2.26. The molecule has 0 aromatic heterocycles. The molecule has 1 N–H and O–H groups in total. The first-order valence-corrected chi connectivity index (χ1v) is 3.30. The van der Waals surface area contributed by atoms with Crippen molar-refractivity contribution in [1.82, 2.24) is 4.90 Å². The van der Waals surface area contributed by atoms with Gasteiger partial charge in [-0.15, -0.1) is 0 Å². The molecule has 1 aliphatic rings. The number of allylic oxidation sites excluding steroid dienone is 1. The molecule has 0 unspecified atom stereocenters. The first-order chi connectivity index (χ1) is 4.74. The van der Waals surface area contributed by atoms with E-state index in [2.05, 4.69) is 0 Å². The topological polar surface area (TPSA) is 40.5 Å². The van der Waals surface area contributed by atoms with Crippen molar-refractivity contribution in [2.45, 2.75) is 19.1 Å². The Morgan fingerprint density at radius 2 is 2.60 bits per heavy atom. The van der Waals surface area contributed by atoms with E-state index in [4.69, 9.17) is 5.11 Å². The Hall–Kier alpha value is -0.830. The molecule has 3 nitrogen and oxygen atoms in total. The van der Waals surface area contributed by atoms with Gasteiger partial charge in [-0.05, 0) is 12.8 Å². The largest absolute Gasteiger partial charge is 0.374 e. The van der Waals surface area contributed by atoms with Crippen molar-refractivity contribution in [3.8, 4) is 0 Å². The van der Waals surface area contributed by atoms with Gasteiger partial charge >= 0.3 is 0 Å². The third-order valence-electron chi connectivity index (χ3n) is 1.68. The lowest BCUT2D eigenvalue weighted by atomic mass is 10.1. The molecule has 0 saturated heterocycles. The minimum Gasteiger partial charge on any atom is -0.374 e. The summed E-state index contributed by atoms with van der Waals surface area (Å²) in [6.07, 6.45) is 3.45. The summed E-state index contributed by atoms with van der Waals surface area (Å²) in [7, 11) is 1.76. The van der Waals surface area contributed by atoms with Crippen LogP contribution in [0.5, 0.6) is 0 Å². The van der Waals surface area contributed by atoms with Gasteiger partial charge < -0.3 is 10.0 Å². The summed E-state index contributed by atoms with van der Waals surface area (Å²) < 4.78 is 0. The molecule has 0 amide bonds. The van der Waals surface area contributed by atoms with Gasteiger partial charge in [-0.1, -0.05) is 0 Å². The van der Waals surface area contributed by atoms with E-state index in [1.54, 1.807) is 18.1 Å². The highest BCUT2D eigenvalue weighted by molar-refractivity contribution is 5.73. The van der Waals surface area contributed by atoms with Crippen LogP contribution in [0.4, 0.5) is 0 Å². The molecule has 1 rings (SSSR count). The Labute approximate surface area is 59.9 Å². The quantitative estimate of drug-likeness (QED) is 0.527. The van der Waals surface area contributed by atoms with Crippen LogP contribution >= 0.6 is 0 Å². The van der Waals surface area contributed by atoms with Gasteiger partial charge in [-0.25, -0.2) is 0 Å². The Balaban J connectivity index is 2.65. The van der Waals surface area contributed by atoms with Crippen LogP contribution in [0.3, 0.4) is 0 Å². The minimum absolute atomic E-state index is 0.413. The van der Waals surface area contributed by atoms with Gasteiger partial charge in [0.15, 0.2) is 0 Å². The zero-order valence-electron chi connectivity index (χ0n) is 5.95. The van der Waals surface area contributed by atoms with Crippen LogP contribution < -0.4 is 0 Å². The zero-order chi connectivity index (χ0) is 7.56. The molecule has 1 atom stereocenters. The van der Waals surface area contributed by atoms with Crippen LogP contribution in [0.1, 0.15) is 12.8 Å². The lowest BCUT2D eigenvalue weighted by molar-refractivity contribution is -0.105. The third-order valence-corrected chi connectivity index (χ3v) is 1.68. The van der Waals surface area contributed by atoms with E-state index in [1.807, 2.05) is 0 Å². The van der Waals surface area contributed by atoms with Crippen molar-refractivity contribution < 1.29 is 9.90 Å². The summed E-state index contributed by atoms with van der Waals surface area (Å²) in [6, 6.07) is 0. The highest BCUT2D eigenvalue weighted by Gasteiger charge is 2.14. The van der Waals surface area contributed by atoms with Crippen LogP contribution in [0.25, 0.3) is 0 Å². The summed E-state index contributed by atoms with van der Waals surface area (Å²) >= 11 is 0. The fourth-order valence-corrected chi connectivity index (χ4v) is 1.00. The average Bonchev–Trinajstić information content (AvgIpc) is 1.95. The maximum atomic E-state index is 10.2. The molecule has 0 aromatic rings. The summed E-state index contributed by atoms with van der Waals surface area (Å²) in [4.78, 5) is 11.9. The number of nitrogens with zero attached hydrogens (tertiary/aromatic N) is 1. The Morgan fingerprint density at radius 1 is 1.90 bits per heavy atom. The van der Waals surface area contributed by atoms with Crippen molar-refractivity contribution in [3.63, 3.8) is 0 Å². The number of hydrogen-bond acceptors (Lipinski definition) is 3. The molecule has 0 bridgehead atoms. The van der Waals surface area contributed by atoms with Crippen molar-refractivity contribution in [1.29, 1.82) is 0 Å². The second-order valence-electron chi connectivity index (χ2n) is 2.51. The van der Waals surface area contributed by atoms with E-state index >= 15 is 0 Å². The zero-order valence-corrected chi connectivity index (χ0v) is 5.95. The van der Waals surface area contributed by atoms with E-state index in [9.17, 15) is 4.79 Å². The molecule has 3 heteroatoms. The van der Waals surface area contributed by atoms with Crippen molar-refractivity contribution in [2.75, 3.05) is 7.05 Å². The predicted molar refractivity (Wildman–Crippen MR) is 37.2 cm³/mol. The van der Waals surface area contributed by atoms with Gasteiger partial charge in [0.1, 0.15) is 12.5 Å². The highest BCUT2D eigenvalue weighted by atomic mass is 16.3. The second-order valence-corrected chi connectivity index (χ2v) is 2.51. The van der Waals surface area contributed by atoms with Crippen LogP contribution in [0.2, 0.25) is 0 Å². The molecule has 1 heterocycles. The maximum absolute atomic E-state index is 10.2. The van der Waals surface area contributed by atoms with Gasteiger partial charge in [0.05, 0.1) is 0 Å². The molecular weight excluding hydrogens is 130 g/mol. The molecular formula is C7H11NO2. The molecule has 0 saturated carbocycles.